The van der Waals surface area contributed by atoms with Crippen LogP contribution in [-0.4, -0.2) is 12.6 Å². The summed E-state index contributed by atoms with van der Waals surface area (Å²) in [4.78, 5) is 11.7. The summed E-state index contributed by atoms with van der Waals surface area (Å²) in [6.07, 6.45) is 0. The van der Waals surface area contributed by atoms with Gasteiger partial charge in [0, 0.05) is 14.6 Å². The maximum atomic E-state index is 11.7. The highest BCUT2D eigenvalue weighted by atomic mass is 79.9. The second-order valence-corrected chi connectivity index (χ2v) is 5.20. The Hall–Kier alpha value is -1.07. The van der Waals surface area contributed by atoms with Gasteiger partial charge < -0.3 is 10.5 Å². The molecule has 16 heavy (non-hydrogen) atoms. The molecule has 0 saturated heterocycles. The molecule has 2 rings (SSSR count). The van der Waals surface area contributed by atoms with E-state index in [4.69, 9.17) is 10.5 Å². The predicted molar refractivity (Wildman–Crippen MR) is 69.9 cm³/mol. The van der Waals surface area contributed by atoms with E-state index in [9.17, 15) is 4.79 Å². The van der Waals surface area contributed by atoms with Gasteiger partial charge in [-0.3, -0.25) is 0 Å². The number of hydrogen-bond acceptors (Lipinski definition) is 4. The number of thiophene rings is 1. The Kier molecular flexibility index (Phi) is 3.16. The van der Waals surface area contributed by atoms with Crippen molar-refractivity contribution < 1.29 is 9.53 Å². The number of fused-ring (bicyclic) bond motifs is 1. The fraction of sp³-hybridized carbons (Fsp3) is 0.182. The molecule has 0 aliphatic rings. The van der Waals surface area contributed by atoms with Crippen molar-refractivity contribution in [2.45, 2.75) is 6.92 Å². The molecule has 0 unspecified atom stereocenters. The van der Waals surface area contributed by atoms with Crippen molar-refractivity contribution in [3.8, 4) is 0 Å². The van der Waals surface area contributed by atoms with E-state index in [-0.39, 0.29) is 5.97 Å². The molecule has 2 N–H and O–H groups in total. The number of anilines is 1. The number of carbonyl (C=O) groups excluding carboxylic acids is 1. The van der Waals surface area contributed by atoms with Gasteiger partial charge in [-0.25, -0.2) is 4.79 Å². The van der Waals surface area contributed by atoms with E-state index in [0.29, 0.717) is 17.2 Å². The lowest BCUT2D eigenvalue weighted by Crippen LogP contribution is -2.05. The largest absolute Gasteiger partial charge is 0.462 e. The van der Waals surface area contributed by atoms with E-state index < -0.39 is 0 Å². The first-order valence-corrected chi connectivity index (χ1v) is 6.39. The van der Waals surface area contributed by atoms with E-state index in [2.05, 4.69) is 15.9 Å². The number of ether oxygens (including phenoxy) is 1. The number of rotatable bonds is 2. The van der Waals surface area contributed by atoms with Crippen LogP contribution >= 0.6 is 27.3 Å². The number of carbonyl (C=O) groups is 1. The summed E-state index contributed by atoms with van der Waals surface area (Å²) in [6, 6.07) is 5.70. The van der Waals surface area contributed by atoms with Gasteiger partial charge in [-0.05, 0) is 19.1 Å². The summed E-state index contributed by atoms with van der Waals surface area (Å²) >= 11 is 4.78. The molecule has 0 radical (unpaired) electrons. The maximum Gasteiger partial charge on any atom is 0.341 e. The highest BCUT2D eigenvalue weighted by molar-refractivity contribution is 9.10. The Morgan fingerprint density at radius 2 is 2.31 bits per heavy atom. The minimum Gasteiger partial charge on any atom is -0.462 e. The molecule has 2 aromatic rings. The van der Waals surface area contributed by atoms with Crippen LogP contribution in [0.3, 0.4) is 0 Å². The second-order valence-electron chi connectivity index (χ2n) is 3.20. The molecule has 5 heteroatoms. The van der Waals surface area contributed by atoms with Gasteiger partial charge in [0.2, 0.25) is 0 Å². The van der Waals surface area contributed by atoms with Crippen LogP contribution in [0.5, 0.6) is 0 Å². The van der Waals surface area contributed by atoms with Gasteiger partial charge in [-0.1, -0.05) is 22.0 Å². The minimum atomic E-state index is -0.353. The summed E-state index contributed by atoms with van der Waals surface area (Å²) in [7, 11) is 0. The normalized spacial score (nSPS) is 10.6. The Morgan fingerprint density at radius 1 is 1.56 bits per heavy atom. The first kappa shape index (κ1) is 11.4. The topological polar surface area (TPSA) is 52.3 Å². The average Bonchev–Trinajstić information content (AvgIpc) is 2.53. The molecule has 84 valence electrons. The standard InChI is InChI=1S/C11H10BrNO2S/c1-2-15-11(14)9-7-4-3-6(12)5-8(7)16-10(9)13/h3-5H,2,13H2,1H3. The van der Waals surface area contributed by atoms with Crippen molar-refractivity contribution >= 4 is 48.3 Å². The van der Waals surface area contributed by atoms with E-state index in [1.165, 1.54) is 11.3 Å². The SMILES string of the molecule is CCOC(=O)c1c(N)sc2cc(Br)ccc12. The zero-order valence-corrected chi connectivity index (χ0v) is 11.0. The molecule has 1 aromatic carbocycles. The van der Waals surface area contributed by atoms with Crippen molar-refractivity contribution in [3.63, 3.8) is 0 Å². The van der Waals surface area contributed by atoms with Crippen LogP contribution in [-0.2, 0) is 4.74 Å². The lowest BCUT2D eigenvalue weighted by Gasteiger charge is -2.01. The molecule has 0 amide bonds. The van der Waals surface area contributed by atoms with Crippen molar-refractivity contribution in [2.24, 2.45) is 0 Å². The van der Waals surface area contributed by atoms with Gasteiger partial charge in [-0.15, -0.1) is 11.3 Å². The van der Waals surface area contributed by atoms with Crippen LogP contribution in [0.2, 0.25) is 0 Å². The smallest absolute Gasteiger partial charge is 0.341 e. The summed E-state index contributed by atoms with van der Waals surface area (Å²) in [5.74, 6) is -0.353. The summed E-state index contributed by atoms with van der Waals surface area (Å²) in [6.45, 7) is 2.13. The van der Waals surface area contributed by atoms with Crippen LogP contribution in [0.1, 0.15) is 17.3 Å². The van der Waals surface area contributed by atoms with Crippen LogP contribution < -0.4 is 5.73 Å². The van der Waals surface area contributed by atoms with E-state index >= 15 is 0 Å². The molecule has 0 saturated carbocycles. The predicted octanol–water partition coefficient (Wildman–Crippen LogP) is 3.42. The Morgan fingerprint density at radius 3 is 3.00 bits per heavy atom. The van der Waals surface area contributed by atoms with Crippen LogP contribution in [0.25, 0.3) is 10.1 Å². The van der Waals surface area contributed by atoms with E-state index in [0.717, 1.165) is 14.6 Å². The number of esters is 1. The molecule has 0 bridgehead atoms. The van der Waals surface area contributed by atoms with Crippen LogP contribution in [0.15, 0.2) is 22.7 Å². The molecule has 1 heterocycles. The van der Waals surface area contributed by atoms with Crippen molar-refractivity contribution in [2.75, 3.05) is 12.3 Å². The van der Waals surface area contributed by atoms with Gasteiger partial charge >= 0.3 is 5.97 Å². The molecule has 0 atom stereocenters. The Labute approximate surface area is 105 Å². The molecule has 0 aliphatic heterocycles. The van der Waals surface area contributed by atoms with Gasteiger partial charge in [0.15, 0.2) is 0 Å². The van der Waals surface area contributed by atoms with Gasteiger partial charge in [0.1, 0.15) is 10.6 Å². The van der Waals surface area contributed by atoms with E-state index in [1.807, 2.05) is 18.2 Å². The molecule has 1 aromatic heterocycles. The third kappa shape index (κ3) is 1.92. The molecular weight excluding hydrogens is 290 g/mol. The Bertz CT molecular complexity index is 550. The maximum absolute atomic E-state index is 11.7. The molecule has 0 spiro atoms. The fourth-order valence-electron chi connectivity index (χ4n) is 1.50. The summed E-state index contributed by atoms with van der Waals surface area (Å²) in [5.41, 5.74) is 6.32. The third-order valence-electron chi connectivity index (χ3n) is 2.16. The number of nitrogens with two attached hydrogens (primary N) is 1. The van der Waals surface area contributed by atoms with Crippen molar-refractivity contribution in [3.05, 3.63) is 28.2 Å². The van der Waals surface area contributed by atoms with Gasteiger partial charge in [0.05, 0.1) is 6.61 Å². The molecule has 0 aliphatic carbocycles. The zero-order valence-electron chi connectivity index (χ0n) is 8.62. The monoisotopic (exact) mass is 299 g/mol. The number of halogens is 1. The fourth-order valence-corrected chi connectivity index (χ4v) is 3.01. The number of nitrogen functional groups attached to an aromatic ring is 1. The molecule has 0 fully saturated rings. The second kappa shape index (κ2) is 4.43. The molecular formula is C11H10BrNO2S. The average molecular weight is 300 g/mol. The highest BCUT2D eigenvalue weighted by Gasteiger charge is 2.18. The van der Waals surface area contributed by atoms with Crippen LogP contribution in [0, 0.1) is 0 Å². The van der Waals surface area contributed by atoms with Gasteiger partial charge in [-0.2, -0.15) is 0 Å². The highest BCUT2D eigenvalue weighted by Crippen LogP contribution is 2.35. The minimum absolute atomic E-state index is 0.353. The lowest BCUT2D eigenvalue weighted by molar-refractivity contribution is 0.0530. The van der Waals surface area contributed by atoms with Crippen molar-refractivity contribution in [1.82, 2.24) is 0 Å². The quantitative estimate of drug-likeness (QED) is 0.865. The zero-order chi connectivity index (χ0) is 11.7. The first-order chi connectivity index (χ1) is 7.63. The third-order valence-corrected chi connectivity index (χ3v) is 3.63. The van der Waals surface area contributed by atoms with Crippen molar-refractivity contribution in [1.29, 1.82) is 0 Å². The van der Waals surface area contributed by atoms with E-state index in [1.54, 1.807) is 6.92 Å². The van der Waals surface area contributed by atoms with Crippen LogP contribution in [0.4, 0.5) is 5.00 Å². The lowest BCUT2D eigenvalue weighted by atomic mass is 10.1. The Balaban J connectivity index is 2.60. The summed E-state index contributed by atoms with van der Waals surface area (Å²) in [5, 5.41) is 1.36. The first-order valence-electron chi connectivity index (χ1n) is 4.78. The molecule has 3 nitrogen and oxygen atoms in total. The number of benzene rings is 1. The van der Waals surface area contributed by atoms with Gasteiger partial charge in [0.25, 0.3) is 0 Å². The summed E-state index contributed by atoms with van der Waals surface area (Å²) < 4.78 is 6.93. The number of hydrogen-bond donors (Lipinski definition) is 1.